The molecular weight excluding hydrogens is 256 g/mol. The fourth-order valence-corrected chi connectivity index (χ4v) is 2.01. The summed E-state index contributed by atoms with van der Waals surface area (Å²) in [4.78, 5) is 22.6. The first-order chi connectivity index (χ1) is 9.58. The van der Waals surface area contributed by atoms with Crippen LogP contribution in [0.4, 0.5) is 10.5 Å². The lowest BCUT2D eigenvalue weighted by Gasteiger charge is -2.13. The van der Waals surface area contributed by atoms with Gasteiger partial charge in [0.1, 0.15) is 0 Å². The molecule has 2 atom stereocenters. The van der Waals surface area contributed by atoms with E-state index in [1.54, 1.807) is 36.4 Å². The Morgan fingerprint density at radius 2 is 2.15 bits per heavy atom. The molecule has 0 saturated carbocycles. The molecule has 0 heterocycles. The number of carboxylic acids is 1. The monoisotopic (exact) mass is 270 g/mol. The minimum Gasteiger partial charge on any atom is -0.481 e. The average molecular weight is 270 g/mol. The first-order valence-electron chi connectivity index (χ1n) is 6.14. The lowest BCUT2D eigenvalue weighted by molar-refractivity contribution is -0.140. The Bertz CT molecular complexity index is 601. The van der Waals surface area contributed by atoms with E-state index in [0.29, 0.717) is 17.7 Å². The molecule has 102 valence electrons. The van der Waals surface area contributed by atoms with Gasteiger partial charge in [0.25, 0.3) is 0 Å². The molecule has 2 rings (SSSR count). The number of rotatable bonds is 3. The average Bonchev–Trinajstić information content (AvgIpc) is 2.87. The van der Waals surface area contributed by atoms with E-state index in [1.165, 1.54) is 0 Å². The van der Waals surface area contributed by atoms with Crippen LogP contribution in [0.2, 0.25) is 0 Å². The molecule has 0 spiro atoms. The van der Waals surface area contributed by atoms with Crippen molar-refractivity contribution in [1.29, 1.82) is 0 Å². The summed E-state index contributed by atoms with van der Waals surface area (Å²) in [5.41, 5.74) is 1.27. The van der Waals surface area contributed by atoms with Crippen molar-refractivity contribution in [3.05, 3.63) is 42.0 Å². The third-order valence-electron chi connectivity index (χ3n) is 3.00. The number of benzene rings is 1. The Hall–Kier alpha value is -2.74. The highest BCUT2D eigenvalue weighted by atomic mass is 16.4. The molecule has 2 unspecified atom stereocenters. The molecule has 0 bridgehead atoms. The third kappa shape index (κ3) is 3.39. The predicted molar refractivity (Wildman–Crippen MR) is 75.2 cm³/mol. The van der Waals surface area contributed by atoms with Gasteiger partial charge in [-0.1, -0.05) is 24.1 Å². The molecule has 5 nitrogen and oxygen atoms in total. The fraction of sp³-hybridized carbons (Fsp3) is 0.200. The molecule has 0 fully saturated rings. The van der Waals surface area contributed by atoms with Crippen LogP contribution in [0.1, 0.15) is 12.0 Å². The van der Waals surface area contributed by atoms with E-state index in [1.807, 2.05) is 0 Å². The number of carboxylic acid groups (broad SMARTS) is 1. The molecule has 1 aliphatic carbocycles. The predicted octanol–water partition coefficient (Wildman–Crippen LogP) is 1.82. The number of hydrogen-bond acceptors (Lipinski definition) is 2. The van der Waals surface area contributed by atoms with Gasteiger partial charge in [-0.2, -0.15) is 0 Å². The van der Waals surface area contributed by atoms with Crippen LogP contribution in [-0.4, -0.2) is 23.1 Å². The van der Waals surface area contributed by atoms with Gasteiger partial charge in [-0.25, -0.2) is 4.79 Å². The first-order valence-corrected chi connectivity index (χ1v) is 6.14. The van der Waals surface area contributed by atoms with Crippen LogP contribution in [0.5, 0.6) is 0 Å². The minimum absolute atomic E-state index is 0.271. The Morgan fingerprint density at radius 3 is 2.80 bits per heavy atom. The molecule has 0 aliphatic heterocycles. The molecule has 0 radical (unpaired) electrons. The van der Waals surface area contributed by atoms with Crippen LogP contribution in [0.3, 0.4) is 0 Å². The zero-order valence-corrected chi connectivity index (χ0v) is 10.7. The number of hydrogen-bond donors (Lipinski definition) is 3. The van der Waals surface area contributed by atoms with Crippen molar-refractivity contribution in [1.82, 2.24) is 5.32 Å². The number of terminal acetylenes is 1. The number of anilines is 1. The summed E-state index contributed by atoms with van der Waals surface area (Å²) in [7, 11) is 0. The summed E-state index contributed by atoms with van der Waals surface area (Å²) in [5, 5.41) is 14.2. The quantitative estimate of drug-likeness (QED) is 0.579. The Kier molecular flexibility index (Phi) is 4.06. The fourth-order valence-electron chi connectivity index (χ4n) is 2.01. The lowest BCUT2D eigenvalue weighted by atomic mass is 10.1. The number of carbonyl (C=O) groups excluding carboxylic acids is 1. The van der Waals surface area contributed by atoms with Crippen molar-refractivity contribution in [2.24, 2.45) is 5.92 Å². The highest BCUT2D eigenvalue weighted by Crippen LogP contribution is 2.18. The van der Waals surface area contributed by atoms with Gasteiger partial charge >= 0.3 is 12.0 Å². The SMILES string of the molecule is C#Cc1cccc(NC(=O)NC2C=CC(C(=O)O)C2)c1. The van der Waals surface area contributed by atoms with Crippen molar-refractivity contribution in [2.45, 2.75) is 12.5 Å². The molecule has 5 heteroatoms. The van der Waals surface area contributed by atoms with E-state index in [2.05, 4.69) is 16.6 Å². The topological polar surface area (TPSA) is 78.4 Å². The largest absolute Gasteiger partial charge is 0.481 e. The van der Waals surface area contributed by atoms with Crippen molar-refractivity contribution in [3.8, 4) is 12.3 Å². The second kappa shape index (κ2) is 5.93. The van der Waals surface area contributed by atoms with Crippen LogP contribution in [0.15, 0.2) is 36.4 Å². The van der Waals surface area contributed by atoms with Gasteiger partial charge in [-0.05, 0) is 24.6 Å². The molecule has 0 saturated heterocycles. The molecule has 0 aromatic heterocycles. The standard InChI is InChI=1S/C15H14N2O3/c1-2-10-4-3-5-12(8-10)16-15(20)17-13-7-6-11(9-13)14(18)19/h1,3-8,11,13H,9H2,(H,18,19)(H2,16,17,20). The van der Waals surface area contributed by atoms with Gasteiger partial charge in [-0.15, -0.1) is 6.42 Å². The van der Waals surface area contributed by atoms with Gasteiger partial charge in [0, 0.05) is 11.3 Å². The summed E-state index contributed by atoms with van der Waals surface area (Å²) in [6.07, 6.45) is 8.93. The molecule has 2 amide bonds. The number of amides is 2. The van der Waals surface area contributed by atoms with E-state index in [-0.39, 0.29) is 12.1 Å². The lowest BCUT2D eigenvalue weighted by Crippen LogP contribution is -2.36. The Labute approximate surface area is 116 Å². The van der Waals surface area contributed by atoms with E-state index in [0.717, 1.165) is 0 Å². The third-order valence-corrected chi connectivity index (χ3v) is 3.00. The van der Waals surface area contributed by atoms with Crippen molar-refractivity contribution >= 4 is 17.7 Å². The summed E-state index contributed by atoms with van der Waals surface area (Å²) in [6.45, 7) is 0. The van der Waals surface area contributed by atoms with E-state index in [4.69, 9.17) is 11.5 Å². The maximum atomic E-state index is 11.8. The van der Waals surface area contributed by atoms with Crippen molar-refractivity contribution in [2.75, 3.05) is 5.32 Å². The molecule has 3 N–H and O–H groups in total. The number of nitrogens with one attached hydrogen (secondary N) is 2. The van der Waals surface area contributed by atoms with Crippen molar-refractivity contribution in [3.63, 3.8) is 0 Å². The first kappa shape index (κ1) is 13.7. The number of aliphatic carboxylic acids is 1. The number of carbonyl (C=O) groups is 2. The van der Waals surface area contributed by atoms with Gasteiger partial charge in [0.15, 0.2) is 0 Å². The van der Waals surface area contributed by atoms with E-state index < -0.39 is 11.9 Å². The minimum atomic E-state index is -0.882. The van der Waals surface area contributed by atoms with Crippen LogP contribution in [-0.2, 0) is 4.79 Å². The van der Waals surface area contributed by atoms with Gasteiger partial charge in [0.2, 0.25) is 0 Å². The van der Waals surface area contributed by atoms with Gasteiger partial charge < -0.3 is 15.7 Å². The summed E-state index contributed by atoms with van der Waals surface area (Å²) < 4.78 is 0. The number of urea groups is 1. The highest BCUT2D eigenvalue weighted by molar-refractivity contribution is 5.90. The van der Waals surface area contributed by atoms with Gasteiger partial charge in [-0.3, -0.25) is 4.79 Å². The zero-order chi connectivity index (χ0) is 14.5. The Balaban J connectivity index is 1.89. The van der Waals surface area contributed by atoms with E-state index in [9.17, 15) is 9.59 Å². The maximum absolute atomic E-state index is 11.8. The normalized spacial score (nSPS) is 20.1. The zero-order valence-electron chi connectivity index (χ0n) is 10.7. The molecule has 1 aromatic rings. The van der Waals surface area contributed by atoms with Crippen LogP contribution < -0.4 is 10.6 Å². The smallest absolute Gasteiger partial charge is 0.319 e. The second-order valence-electron chi connectivity index (χ2n) is 4.50. The van der Waals surface area contributed by atoms with Gasteiger partial charge in [0.05, 0.1) is 12.0 Å². The van der Waals surface area contributed by atoms with Crippen molar-refractivity contribution < 1.29 is 14.7 Å². The molecular formula is C15H14N2O3. The Morgan fingerprint density at radius 1 is 1.35 bits per heavy atom. The summed E-state index contributed by atoms with van der Waals surface area (Å²) in [6, 6.07) is 6.27. The van der Waals surface area contributed by atoms with Crippen LogP contribution in [0, 0.1) is 18.3 Å². The second-order valence-corrected chi connectivity index (χ2v) is 4.50. The maximum Gasteiger partial charge on any atom is 0.319 e. The van der Waals surface area contributed by atoms with Crippen LogP contribution in [0.25, 0.3) is 0 Å². The molecule has 20 heavy (non-hydrogen) atoms. The summed E-state index contributed by atoms with van der Waals surface area (Å²) >= 11 is 0. The summed E-state index contributed by atoms with van der Waals surface area (Å²) in [5.74, 6) is 1.07. The van der Waals surface area contributed by atoms with E-state index >= 15 is 0 Å². The molecule has 1 aromatic carbocycles. The highest BCUT2D eigenvalue weighted by Gasteiger charge is 2.25. The molecule has 1 aliphatic rings. The van der Waals surface area contributed by atoms with Crippen LogP contribution >= 0.6 is 0 Å².